The third-order valence-electron chi connectivity index (χ3n) is 7.41. The first-order chi connectivity index (χ1) is 18.2. The van der Waals surface area contributed by atoms with Crippen molar-refractivity contribution in [3.05, 3.63) is 83.3 Å². The van der Waals surface area contributed by atoms with E-state index in [9.17, 15) is 9.59 Å². The molecule has 7 heteroatoms. The Bertz CT molecular complexity index is 1350. The molecule has 0 radical (unpaired) electrons. The molecule has 3 aromatic rings. The normalized spacial score (nSPS) is 17.9. The maximum absolute atomic E-state index is 13.1. The van der Waals surface area contributed by atoms with Crippen LogP contribution in [0.2, 0.25) is 5.02 Å². The van der Waals surface area contributed by atoms with Gasteiger partial charge in [0.2, 0.25) is 5.91 Å². The number of amides is 1. The number of aryl methyl sites for hydroxylation is 2. The summed E-state index contributed by atoms with van der Waals surface area (Å²) in [5.41, 5.74) is 4.57. The summed E-state index contributed by atoms with van der Waals surface area (Å²) >= 11 is 6.32. The van der Waals surface area contributed by atoms with Crippen molar-refractivity contribution in [2.45, 2.75) is 52.6 Å². The van der Waals surface area contributed by atoms with E-state index in [4.69, 9.17) is 16.3 Å². The molecule has 0 saturated heterocycles. The van der Waals surface area contributed by atoms with Crippen LogP contribution in [0.1, 0.15) is 56.8 Å². The summed E-state index contributed by atoms with van der Waals surface area (Å²) in [6.07, 6.45) is 5.23. The van der Waals surface area contributed by atoms with Crippen LogP contribution < -0.4 is 10.6 Å². The van der Waals surface area contributed by atoms with Gasteiger partial charge in [0.15, 0.2) is 5.88 Å². The molecule has 6 nitrogen and oxygen atoms in total. The number of nitrogens with zero attached hydrogens (tertiary/aromatic N) is 1. The van der Waals surface area contributed by atoms with E-state index in [2.05, 4.69) is 23.3 Å². The Morgan fingerprint density at radius 1 is 1.08 bits per heavy atom. The first-order valence-electron chi connectivity index (χ1n) is 13.1. The van der Waals surface area contributed by atoms with Crippen LogP contribution in [0.15, 0.2) is 67.2 Å². The Labute approximate surface area is 230 Å². The summed E-state index contributed by atoms with van der Waals surface area (Å²) in [5, 5.41) is 7.03. The van der Waals surface area contributed by atoms with Crippen LogP contribution in [0, 0.1) is 18.8 Å². The third-order valence-corrected chi connectivity index (χ3v) is 7.76. The Kier molecular flexibility index (Phi) is 8.62. The third kappa shape index (κ3) is 6.13. The van der Waals surface area contributed by atoms with Gasteiger partial charge in [-0.1, -0.05) is 48.7 Å². The lowest BCUT2D eigenvalue weighted by Gasteiger charge is -2.29. The molecule has 1 heterocycles. The van der Waals surface area contributed by atoms with Crippen LogP contribution >= 0.6 is 11.6 Å². The number of ketones is 1. The molecule has 2 aromatic carbocycles. The number of carbonyl (C=O) groups is 2. The molecule has 200 valence electrons. The number of ether oxygens (including phenoxy) is 1. The molecule has 0 aliphatic heterocycles. The highest BCUT2D eigenvalue weighted by Gasteiger charge is 2.33. The van der Waals surface area contributed by atoms with E-state index in [1.807, 2.05) is 74.1 Å². The molecule has 0 unspecified atom stereocenters. The smallest absolute Gasteiger partial charge is 0.228 e. The maximum atomic E-state index is 13.1. The highest BCUT2D eigenvalue weighted by molar-refractivity contribution is 6.31. The van der Waals surface area contributed by atoms with Crippen molar-refractivity contribution in [1.82, 2.24) is 4.57 Å². The van der Waals surface area contributed by atoms with Gasteiger partial charge in [0.25, 0.3) is 0 Å². The summed E-state index contributed by atoms with van der Waals surface area (Å²) in [7, 11) is 1.95. The Morgan fingerprint density at radius 3 is 2.47 bits per heavy atom. The van der Waals surface area contributed by atoms with Crippen molar-refractivity contribution >= 4 is 34.8 Å². The molecule has 2 N–H and O–H groups in total. The number of halogens is 1. The van der Waals surface area contributed by atoms with E-state index < -0.39 is 0 Å². The zero-order chi connectivity index (χ0) is 27.4. The van der Waals surface area contributed by atoms with E-state index >= 15 is 0 Å². The van der Waals surface area contributed by atoms with E-state index in [1.165, 1.54) is 0 Å². The molecular weight excluding hydrogens is 498 g/mol. The van der Waals surface area contributed by atoms with Crippen LogP contribution in [-0.4, -0.2) is 16.3 Å². The number of anilines is 2. The monoisotopic (exact) mass is 533 g/mol. The fraction of sp³-hybridized carbons (Fsp3) is 0.355. The van der Waals surface area contributed by atoms with Crippen molar-refractivity contribution in [1.29, 1.82) is 0 Å². The van der Waals surface area contributed by atoms with Gasteiger partial charge in [-0.15, -0.1) is 0 Å². The zero-order valence-electron chi connectivity index (χ0n) is 22.5. The van der Waals surface area contributed by atoms with Crippen LogP contribution in [-0.2, 0) is 21.4 Å². The summed E-state index contributed by atoms with van der Waals surface area (Å²) in [6.45, 7) is 9.57. The second kappa shape index (κ2) is 11.9. The molecule has 1 aromatic heterocycles. The predicted molar refractivity (Wildman–Crippen MR) is 154 cm³/mol. The highest BCUT2D eigenvalue weighted by atomic mass is 35.5. The van der Waals surface area contributed by atoms with Gasteiger partial charge in [0.1, 0.15) is 17.7 Å². The molecule has 38 heavy (non-hydrogen) atoms. The number of hydrogen-bond acceptors (Lipinski definition) is 4. The number of aromatic nitrogens is 1. The Hall–Kier alpha value is -3.51. The standard InChI is InChI=1S/C31H36ClN3O3/c1-19-18-23(14-15-29(19)34-31(37)27-12-7-6-10-24(27)20(2)36)26-16-17-35(5)30(26)33-22(4)38-21(3)25-11-8-9-13-28(25)32/h8-9,11,13-18,21,24,27,33H,4,6-7,10,12H2,1-3,5H3,(H,34,37)/t21-,24-,27+/m1/s1. The molecule has 0 bridgehead atoms. The van der Waals surface area contributed by atoms with E-state index in [-0.39, 0.29) is 29.6 Å². The van der Waals surface area contributed by atoms with Crippen LogP contribution in [0.5, 0.6) is 0 Å². The van der Waals surface area contributed by atoms with Gasteiger partial charge in [-0.05, 0) is 75.6 Å². The number of Topliss-reactive ketones (excluding diaryl/α,β-unsaturated/α-hetero) is 1. The van der Waals surface area contributed by atoms with Gasteiger partial charge >= 0.3 is 0 Å². The van der Waals surface area contributed by atoms with Crippen molar-refractivity contribution in [3.63, 3.8) is 0 Å². The molecular formula is C31H36ClN3O3. The summed E-state index contributed by atoms with van der Waals surface area (Å²) in [5.74, 6) is 0.844. The molecule has 1 saturated carbocycles. The first kappa shape index (κ1) is 27.5. The largest absolute Gasteiger partial charge is 0.472 e. The fourth-order valence-electron chi connectivity index (χ4n) is 5.29. The minimum absolute atomic E-state index is 0.0658. The predicted octanol–water partition coefficient (Wildman–Crippen LogP) is 7.65. The van der Waals surface area contributed by atoms with Crippen LogP contribution in [0.4, 0.5) is 11.5 Å². The lowest BCUT2D eigenvalue weighted by Crippen LogP contribution is -2.35. The molecule has 1 aliphatic rings. The number of hydrogen-bond donors (Lipinski definition) is 2. The van der Waals surface area contributed by atoms with Gasteiger partial charge in [-0.3, -0.25) is 9.59 Å². The first-order valence-corrected chi connectivity index (χ1v) is 13.5. The topological polar surface area (TPSA) is 72.4 Å². The van der Waals surface area contributed by atoms with Crippen molar-refractivity contribution in [2.24, 2.45) is 18.9 Å². The van der Waals surface area contributed by atoms with Crippen LogP contribution in [0.25, 0.3) is 11.1 Å². The second-order valence-corrected chi connectivity index (χ2v) is 10.6. The van der Waals surface area contributed by atoms with Crippen molar-refractivity contribution in [3.8, 4) is 11.1 Å². The number of nitrogens with one attached hydrogen (secondary N) is 2. The molecule has 1 amide bonds. The summed E-state index contributed by atoms with van der Waals surface area (Å²) < 4.78 is 8.00. The molecule has 0 spiro atoms. The molecule has 1 aliphatic carbocycles. The van der Waals surface area contributed by atoms with E-state index in [1.54, 1.807) is 6.92 Å². The minimum Gasteiger partial charge on any atom is -0.472 e. The quantitative estimate of drug-likeness (QED) is 0.277. The number of benzene rings is 2. The average Bonchev–Trinajstić information content (AvgIpc) is 3.24. The molecule has 1 fully saturated rings. The van der Waals surface area contributed by atoms with Crippen molar-refractivity contribution in [2.75, 3.05) is 10.6 Å². The Balaban J connectivity index is 1.47. The van der Waals surface area contributed by atoms with Gasteiger partial charge in [0.05, 0.1) is 0 Å². The zero-order valence-corrected chi connectivity index (χ0v) is 23.3. The highest BCUT2D eigenvalue weighted by Crippen LogP contribution is 2.35. The molecule has 3 atom stereocenters. The van der Waals surface area contributed by atoms with E-state index in [0.717, 1.165) is 59.4 Å². The second-order valence-electron chi connectivity index (χ2n) is 10.1. The lowest BCUT2D eigenvalue weighted by molar-refractivity contribution is -0.131. The maximum Gasteiger partial charge on any atom is 0.228 e. The minimum atomic E-state index is -0.274. The number of rotatable bonds is 9. The van der Waals surface area contributed by atoms with E-state index in [0.29, 0.717) is 10.9 Å². The average molecular weight is 534 g/mol. The molecule has 4 rings (SSSR count). The van der Waals surface area contributed by atoms with Gasteiger partial charge in [-0.2, -0.15) is 0 Å². The Morgan fingerprint density at radius 2 is 1.79 bits per heavy atom. The van der Waals surface area contributed by atoms with Crippen molar-refractivity contribution < 1.29 is 14.3 Å². The van der Waals surface area contributed by atoms with Gasteiger partial charge < -0.3 is 19.9 Å². The van der Waals surface area contributed by atoms with Gasteiger partial charge in [0, 0.05) is 46.9 Å². The van der Waals surface area contributed by atoms with Gasteiger partial charge in [-0.25, -0.2) is 0 Å². The summed E-state index contributed by atoms with van der Waals surface area (Å²) in [4.78, 5) is 25.2. The lowest BCUT2D eigenvalue weighted by atomic mass is 9.76. The fourth-order valence-corrected chi connectivity index (χ4v) is 5.58. The SMILES string of the molecule is C=C(Nc1c(-c2ccc(NC(=O)[C@H]3CCCC[C@@H]3C(C)=O)c(C)c2)ccn1C)O[C@H](C)c1ccccc1Cl. The number of carbonyl (C=O) groups excluding carboxylic acids is 2. The van der Waals surface area contributed by atoms with Crippen LogP contribution in [0.3, 0.4) is 0 Å². The summed E-state index contributed by atoms with van der Waals surface area (Å²) in [6, 6.07) is 15.6.